The van der Waals surface area contributed by atoms with Gasteiger partial charge in [-0.05, 0) is 38.1 Å². The predicted molar refractivity (Wildman–Crippen MR) is 115 cm³/mol. The molecule has 0 radical (unpaired) electrons. The molecule has 1 amide bonds. The summed E-state index contributed by atoms with van der Waals surface area (Å²) in [5.41, 5.74) is 1.54. The molecule has 0 aliphatic carbocycles. The summed E-state index contributed by atoms with van der Waals surface area (Å²) >= 11 is 0. The highest BCUT2D eigenvalue weighted by atomic mass is 16.5. The van der Waals surface area contributed by atoms with Crippen LogP contribution in [0.1, 0.15) is 32.1 Å². The largest absolute Gasteiger partial charge is 0.497 e. The molecular formula is C23H25N3O5. The van der Waals surface area contributed by atoms with E-state index in [9.17, 15) is 4.79 Å². The number of aromatic nitrogens is 2. The van der Waals surface area contributed by atoms with Crippen LogP contribution in [0.15, 0.2) is 47.0 Å². The molecule has 1 aromatic heterocycles. The first-order valence-corrected chi connectivity index (χ1v) is 10.1. The molecule has 1 aliphatic rings. The van der Waals surface area contributed by atoms with Crippen LogP contribution in [0.2, 0.25) is 0 Å². The number of benzene rings is 2. The molecule has 8 heteroatoms. The molecule has 1 unspecified atom stereocenters. The first-order chi connectivity index (χ1) is 15.0. The topological polar surface area (TPSA) is 86.9 Å². The van der Waals surface area contributed by atoms with Gasteiger partial charge in [-0.1, -0.05) is 5.16 Å². The van der Waals surface area contributed by atoms with Crippen LogP contribution in [0.4, 0.5) is 5.69 Å². The van der Waals surface area contributed by atoms with Gasteiger partial charge in [0, 0.05) is 36.7 Å². The second-order valence-corrected chi connectivity index (χ2v) is 7.62. The van der Waals surface area contributed by atoms with Crippen LogP contribution in [0.25, 0.3) is 11.4 Å². The highest BCUT2D eigenvalue weighted by Crippen LogP contribution is 2.35. The van der Waals surface area contributed by atoms with Crippen molar-refractivity contribution in [2.75, 3.05) is 25.7 Å². The van der Waals surface area contributed by atoms with Crippen molar-refractivity contribution >= 4 is 11.6 Å². The van der Waals surface area contributed by atoms with Gasteiger partial charge in [0.25, 0.3) is 0 Å². The monoisotopic (exact) mass is 423 g/mol. The molecule has 162 valence electrons. The Morgan fingerprint density at radius 1 is 1.03 bits per heavy atom. The number of ether oxygens (including phenoxy) is 3. The molecule has 0 saturated carbocycles. The highest BCUT2D eigenvalue weighted by Gasteiger charge is 2.35. The number of anilines is 1. The average Bonchev–Trinajstić information content (AvgIpc) is 3.40. The van der Waals surface area contributed by atoms with E-state index in [1.54, 1.807) is 25.2 Å². The fourth-order valence-corrected chi connectivity index (χ4v) is 3.54. The van der Waals surface area contributed by atoms with Crippen molar-refractivity contribution in [3.8, 4) is 28.6 Å². The normalized spacial score (nSPS) is 16.1. The lowest BCUT2D eigenvalue weighted by Gasteiger charge is -2.18. The van der Waals surface area contributed by atoms with Gasteiger partial charge in [0.1, 0.15) is 17.2 Å². The van der Waals surface area contributed by atoms with Crippen molar-refractivity contribution in [1.82, 2.24) is 10.1 Å². The SMILES string of the molecule is COc1cc(OC)cc(N2CC(c3nc(-c4ccc(OC(C)C)cc4)no3)CC2=O)c1. The smallest absolute Gasteiger partial charge is 0.232 e. The summed E-state index contributed by atoms with van der Waals surface area (Å²) in [4.78, 5) is 18.9. The zero-order valence-corrected chi connectivity index (χ0v) is 18.0. The van der Waals surface area contributed by atoms with Gasteiger partial charge in [-0.3, -0.25) is 4.79 Å². The highest BCUT2D eigenvalue weighted by molar-refractivity contribution is 5.96. The quantitative estimate of drug-likeness (QED) is 0.566. The van der Waals surface area contributed by atoms with Crippen LogP contribution in [-0.2, 0) is 4.79 Å². The Morgan fingerprint density at radius 2 is 1.71 bits per heavy atom. The van der Waals surface area contributed by atoms with Gasteiger partial charge in [0.15, 0.2) is 0 Å². The first kappa shape index (κ1) is 20.7. The first-order valence-electron chi connectivity index (χ1n) is 10.1. The minimum absolute atomic E-state index is 0.0183. The van der Waals surface area contributed by atoms with Crippen LogP contribution in [0.5, 0.6) is 17.2 Å². The van der Waals surface area contributed by atoms with Crippen LogP contribution >= 0.6 is 0 Å². The van der Waals surface area contributed by atoms with Gasteiger partial charge in [0.2, 0.25) is 17.6 Å². The molecule has 2 heterocycles. The third kappa shape index (κ3) is 4.47. The van der Waals surface area contributed by atoms with E-state index >= 15 is 0 Å². The van der Waals surface area contributed by atoms with E-state index in [4.69, 9.17) is 18.7 Å². The van der Waals surface area contributed by atoms with Crippen molar-refractivity contribution in [3.05, 3.63) is 48.4 Å². The van der Waals surface area contributed by atoms with E-state index in [-0.39, 0.29) is 17.9 Å². The van der Waals surface area contributed by atoms with E-state index in [0.29, 0.717) is 41.9 Å². The fourth-order valence-electron chi connectivity index (χ4n) is 3.54. The molecule has 0 N–H and O–H groups in total. The fraction of sp³-hybridized carbons (Fsp3) is 0.348. The Kier molecular flexibility index (Phi) is 5.79. The van der Waals surface area contributed by atoms with Crippen LogP contribution in [-0.4, -0.2) is 42.9 Å². The molecule has 3 aromatic rings. The van der Waals surface area contributed by atoms with Crippen LogP contribution < -0.4 is 19.1 Å². The van der Waals surface area contributed by atoms with E-state index in [2.05, 4.69) is 10.1 Å². The molecule has 0 bridgehead atoms. The summed E-state index contributed by atoms with van der Waals surface area (Å²) in [5, 5.41) is 4.10. The average molecular weight is 423 g/mol. The Labute approximate surface area is 180 Å². The lowest BCUT2D eigenvalue weighted by atomic mass is 10.1. The number of carbonyl (C=O) groups excluding carboxylic acids is 1. The Bertz CT molecular complexity index is 1040. The molecule has 1 fully saturated rings. The molecule has 1 aliphatic heterocycles. The summed E-state index contributed by atoms with van der Waals surface area (Å²) < 4.78 is 21.8. The van der Waals surface area contributed by atoms with Gasteiger partial charge in [-0.25, -0.2) is 0 Å². The van der Waals surface area contributed by atoms with E-state index in [1.165, 1.54) is 0 Å². The predicted octanol–water partition coefficient (Wildman–Crippen LogP) is 4.06. The summed E-state index contributed by atoms with van der Waals surface area (Å²) in [6.07, 6.45) is 0.400. The number of carbonyl (C=O) groups is 1. The van der Waals surface area contributed by atoms with Crippen LogP contribution in [0.3, 0.4) is 0 Å². The zero-order valence-electron chi connectivity index (χ0n) is 18.0. The third-order valence-electron chi connectivity index (χ3n) is 5.05. The minimum atomic E-state index is -0.186. The summed E-state index contributed by atoms with van der Waals surface area (Å²) in [6, 6.07) is 12.9. The summed E-state index contributed by atoms with van der Waals surface area (Å²) in [7, 11) is 3.16. The molecule has 8 nitrogen and oxygen atoms in total. The number of hydrogen-bond donors (Lipinski definition) is 0. The van der Waals surface area contributed by atoms with Gasteiger partial charge >= 0.3 is 0 Å². The maximum atomic E-state index is 12.7. The lowest BCUT2D eigenvalue weighted by Crippen LogP contribution is -2.24. The zero-order chi connectivity index (χ0) is 22.0. The second kappa shape index (κ2) is 8.67. The Morgan fingerprint density at radius 3 is 2.32 bits per heavy atom. The van der Waals surface area contributed by atoms with E-state index in [0.717, 1.165) is 11.3 Å². The van der Waals surface area contributed by atoms with Gasteiger partial charge < -0.3 is 23.6 Å². The Hall–Kier alpha value is -3.55. The molecule has 31 heavy (non-hydrogen) atoms. The minimum Gasteiger partial charge on any atom is -0.497 e. The summed E-state index contributed by atoms with van der Waals surface area (Å²) in [5.74, 6) is 2.76. The second-order valence-electron chi connectivity index (χ2n) is 7.62. The van der Waals surface area contributed by atoms with E-state index < -0.39 is 0 Å². The molecule has 4 rings (SSSR count). The maximum absolute atomic E-state index is 12.7. The number of nitrogens with zero attached hydrogens (tertiary/aromatic N) is 3. The van der Waals surface area contributed by atoms with Gasteiger partial charge in [0.05, 0.1) is 31.9 Å². The van der Waals surface area contributed by atoms with Gasteiger partial charge in [-0.2, -0.15) is 4.98 Å². The molecule has 1 atom stereocenters. The third-order valence-corrected chi connectivity index (χ3v) is 5.05. The molecule has 1 saturated heterocycles. The summed E-state index contributed by atoms with van der Waals surface area (Å²) in [6.45, 7) is 4.40. The van der Waals surface area contributed by atoms with Crippen molar-refractivity contribution in [2.45, 2.75) is 32.3 Å². The van der Waals surface area contributed by atoms with E-state index in [1.807, 2.05) is 50.2 Å². The number of methoxy groups -OCH3 is 2. The maximum Gasteiger partial charge on any atom is 0.232 e. The molecule has 0 spiro atoms. The molecular weight excluding hydrogens is 398 g/mol. The molecule has 2 aromatic carbocycles. The Balaban J connectivity index is 1.51. The van der Waals surface area contributed by atoms with Crippen molar-refractivity contribution in [1.29, 1.82) is 0 Å². The number of amides is 1. The number of hydrogen-bond acceptors (Lipinski definition) is 7. The number of rotatable bonds is 7. The van der Waals surface area contributed by atoms with Crippen LogP contribution in [0, 0.1) is 0 Å². The van der Waals surface area contributed by atoms with Crippen molar-refractivity contribution in [3.63, 3.8) is 0 Å². The lowest BCUT2D eigenvalue weighted by molar-refractivity contribution is -0.117. The van der Waals surface area contributed by atoms with Crippen molar-refractivity contribution in [2.24, 2.45) is 0 Å². The standard InChI is InChI=1S/C23H25N3O5/c1-14(2)30-18-7-5-15(6-8-18)22-24-23(31-25-22)16-9-21(27)26(13-16)17-10-19(28-3)12-20(11-17)29-4/h5-8,10-12,14,16H,9,13H2,1-4H3. The van der Waals surface area contributed by atoms with Gasteiger partial charge in [-0.15, -0.1) is 0 Å². The van der Waals surface area contributed by atoms with Crippen molar-refractivity contribution < 1.29 is 23.5 Å².